The van der Waals surface area contributed by atoms with Crippen LogP contribution in [0.1, 0.15) is 19.4 Å². The van der Waals surface area contributed by atoms with Crippen LogP contribution in [0.2, 0.25) is 0 Å². The molecule has 0 heterocycles. The molecule has 6 heteroatoms. The summed E-state index contributed by atoms with van der Waals surface area (Å²) in [7, 11) is -1.98. The largest absolute Gasteiger partial charge is 0.383 e. The second-order valence-electron chi connectivity index (χ2n) is 4.32. The summed E-state index contributed by atoms with van der Waals surface area (Å²) in [5.41, 5.74) is 6.25. The number of rotatable bonds is 7. The first-order valence-corrected chi connectivity index (χ1v) is 7.71. The van der Waals surface area contributed by atoms with E-state index in [1.54, 1.807) is 31.4 Å². The van der Waals surface area contributed by atoms with Crippen molar-refractivity contribution in [1.29, 1.82) is 0 Å². The Morgan fingerprint density at radius 3 is 2.53 bits per heavy atom. The number of sulfonamides is 1. The topological polar surface area (TPSA) is 72.6 Å². The molecule has 0 aliphatic rings. The predicted octanol–water partition coefficient (Wildman–Crippen LogP) is 1.19. The summed E-state index contributed by atoms with van der Waals surface area (Å²) in [6.07, 6.45) is 0. The van der Waals surface area contributed by atoms with E-state index in [1.807, 2.05) is 13.8 Å². The Morgan fingerprint density at radius 2 is 2.00 bits per heavy atom. The van der Waals surface area contributed by atoms with Crippen LogP contribution in [-0.4, -0.2) is 39.0 Å². The molecule has 0 fully saturated rings. The minimum Gasteiger partial charge on any atom is -0.383 e. The normalized spacial score (nSPS) is 13.7. The molecule has 1 rings (SSSR count). The van der Waals surface area contributed by atoms with E-state index in [0.29, 0.717) is 18.7 Å². The van der Waals surface area contributed by atoms with Crippen molar-refractivity contribution in [2.24, 2.45) is 5.73 Å². The van der Waals surface area contributed by atoms with Gasteiger partial charge < -0.3 is 10.5 Å². The Bertz CT molecular complexity index is 502. The van der Waals surface area contributed by atoms with Gasteiger partial charge in [-0.3, -0.25) is 0 Å². The first-order valence-electron chi connectivity index (χ1n) is 6.27. The average molecular weight is 286 g/mol. The summed E-state index contributed by atoms with van der Waals surface area (Å²) in [6.45, 7) is 4.60. The lowest BCUT2D eigenvalue weighted by atomic mass is 10.2. The van der Waals surface area contributed by atoms with E-state index in [4.69, 9.17) is 10.5 Å². The number of hydrogen-bond acceptors (Lipinski definition) is 4. The molecule has 1 aromatic rings. The van der Waals surface area contributed by atoms with Gasteiger partial charge in [0.25, 0.3) is 0 Å². The Morgan fingerprint density at radius 1 is 1.37 bits per heavy atom. The molecule has 1 atom stereocenters. The van der Waals surface area contributed by atoms with Crippen molar-refractivity contribution in [2.75, 3.05) is 20.3 Å². The first-order chi connectivity index (χ1) is 8.98. The van der Waals surface area contributed by atoms with Crippen molar-refractivity contribution in [2.45, 2.75) is 31.3 Å². The number of ether oxygens (including phenoxy) is 1. The van der Waals surface area contributed by atoms with Crippen molar-refractivity contribution in [3.05, 3.63) is 29.8 Å². The Kier molecular flexibility index (Phi) is 5.93. The van der Waals surface area contributed by atoms with Gasteiger partial charge in [-0.05, 0) is 18.6 Å². The third-order valence-electron chi connectivity index (χ3n) is 2.99. The van der Waals surface area contributed by atoms with Crippen LogP contribution in [0.4, 0.5) is 0 Å². The van der Waals surface area contributed by atoms with E-state index in [0.717, 1.165) is 0 Å². The van der Waals surface area contributed by atoms with Gasteiger partial charge in [-0.15, -0.1) is 0 Å². The predicted molar refractivity (Wildman–Crippen MR) is 75.2 cm³/mol. The molecule has 2 N–H and O–H groups in total. The SMILES string of the molecule is CCN(C(C)COC)S(=O)(=O)c1ccccc1CN. The Balaban J connectivity index is 3.20. The number of nitrogens with zero attached hydrogens (tertiary/aromatic N) is 1. The molecule has 0 aliphatic heterocycles. The molecule has 0 aromatic heterocycles. The first kappa shape index (κ1) is 16.1. The molecule has 0 spiro atoms. The van der Waals surface area contributed by atoms with Crippen molar-refractivity contribution in [1.82, 2.24) is 4.31 Å². The molecule has 1 unspecified atom stereocenters. The lowest BCUT2D eigenvalue weighted by Crippen LogP contribution is -2.41. The van der Waals surface area contributed by atoms with E-state index < -0.39 is 10.0 Å². The number of benzene rings is 1. The van der Waals surface area contributed by atoms with Crippen LogP contribution in [0, 0.1) is 0 Å². The fraction of sp³-hybridized carbons (Fsp3) is 0.538. The highest BCUT2D eigenvalue weighted by Crippen LogP contribution is 2.21. The Hall–Kier alpha value is -0.950. The summed E-state index contributed by atoms with van der Waals surface area (Å²) in [6, 6.07) is 6.61. The zero-order valence-electron chi connectivity index (χ0n) is 11.7. The van der Waals surface area contributed by atoms with Crippen LogP contribution in [0.25, 0.3) is 0 Å². The van der Waals surface area contributed by atoms with Gasteiger partial charge in [0.05, 0.1) is 11.5 Å². The molecule has 0 saturated heterocycles. The molecule has 0 bridgehead atoms. The van der Waals surface area contributed by atoms with Crippen LogP contribution in [0.3, 0.4) is 0 Å². The minimum atomic E-state index is -3.54. The van der Waals surface area contributed by atoms with Crippen LogP contribution in [0.5, 0.6) is 0 Å². The summed E-state index contributed by atoms with van der Waals surface area (Å²) in [5, 5.41) is 0. The van der Waals surface area contributed by atoms with Gasteiger partial charge in [-0.25, -0.2) is 8.42 Å². The highest BCUT2D eigenvalue weighted by atomic mass is 32.2. The average Bonchev–Trinajstić information content (AvgIpc) is 2.39. The van der Waals surface area contributed by atoms with Crippen molar-refractivity contribution in [3.63, 3.8) is 0 Å². The van der Waals surface area contributed by atoms with E-state index in [-0.39, 0.29) is 17.5 Å². The zero-order valence-corrected chi connectivity index (χ0v) is 12.5. The molecule has 0 radical (unpaired) electrons. The van der Waals surface area contributed by atoms with E-state index in [2.05, 4.69) is 0 Å². The number of nitrogens with two attached hydrogens (primary N) is 1. The van der Waals surface area contributed by atoms with Crippen molar-refractivity contribution in [3.8, 4) is 0 Å². The Labute approximate surface area is 115 Å². The van der Waals surface area contributed by atoms with Gasteiger partial charge in [0.2, 0.25) is 10.0 Å². The number of methoxy groups -OCH3 is 1. The minimum absolute atomic E-state index is 0.200. The van der Waals surface area contributed by atoms with Crippen molar-refractivity contribution < 1.29 is 13.2 Å². The van der Waals surface area contributed by atoms with Crippen LogP contribution >= 0.6 is 0 Å². The monoisotopic (exact) mass is 286 g/mol. The maximum absolute atomic E-state index is 12.7. The van der Waals surface area contributed by atoms with Gasteiger partial charge in [0, 0.05) is 26.2 Å². The van der Waals surface area contributed by atoms with E-state index in [1.165, 1.54) is 4.31 Å². The summed E-state index contributed by atoms with van der Waals surface area (Å²) >= 11 is 0. The van der Waals surface area contributed by atoms with Gasteiger partial charge in [-0.2, -0.15) is 4.31 Å². The third-order valence-corrected chi connectivity index (χ3v) is 5.18. The standard InChI is InChI=1S/C13H22N2O3S/c1-4-15(11(2)10-18-3)19(16,17)13-8-6-5-7-12(13)9-14/h5-8,11H,4,9-10,14H2,1-3H3. The highest BCUT2D eigenvalue weighted by Gasteiger charge is 2.29. The maximum Gasteiger partial charge on any atom is 0.243 e. The van der Waals surface area contributed by atoms with Gasteiger partial charge in [0.1, 0.15) is 0 Å². The fourth-order valence-corrected chi connectivity index (χ4v) is 3.95. The molecule has 5 nitrogen and oxygen atoms in total. The molecule has 19 heavy (non-hydrogen) atoms. The van der Waals surface area contributed by atoms with E-state index in [9.17, 15) is 8.42 Å². The van der Waals surface area contributed by atoms with Crippen LogP contribution in [-0.2, 0) is 21.3 Å². The maximum atomic E-state index is 12.7. The second kappa shape index (κ2) is 7.00. The summed E-state index contributed by atoms with van der Waals surface area (Å²) in [5.74, 6) is 0. The zero-order chi connectivity index (χ0) is 14.5. The molecule has 0 aliphatic carbocycles. The smallest absolute Gasteiger partial charge is 0.243 e. The number of hydrogen-bond donors (Lipinski definition) is 1. The third kappa shape index (κ3) is 3.54. The summed E-state index contributed by atoms with van der Waals surface area (Å²) in [4.78, 5) is 0.280. The van der Waals surface area contributed by atoms with Gasteiger partial charge in [0.15, 0.2) is 0 Å². The van der Waals surface area contributed by atoms with Crippen LogP contribution in [0.15, 0.2) is 29.2 Å². The molecule has 1 aromatic carbocycles. The van der Waals surface area contributed by atoms with E-state index >= 15 is 0 Å². The number of likely N-dealkylation sites (N-methyl/N-ethyl adjacent to an activating group) is 1. The fourth-order valence-electron chi connectivity index (χ4n) is 2.09. The lowest BCUT2D eigenvalue weighted by Gasteiger charge is -2.27. The second-order valence-corrected chi connectivity index (χ2v) is 6.18. The molecular weight excluding hydrogens is 264 g/mol. The quantitative estimate of drug-likeness (QED) is 0.817. The molecular formula is C13H22N2O3S. The molecule has 0 saturated carbocycles. The van der Waals surface area contributed by atoms with Crippen LogP contribution < -0.4 is 5.73 Å². The highest BCUT2D eigenvalue weighted by molar-refractivity contribution is 7.89. The van der Waals surface area contributed by atoms with Gasteiger partial charge in [-0.1, -0.05) is 25.1 Å². The molecule has 108 valence electrons. The van der Waals surface area contributed by atoms with Gasteiger partial charge >= 0.3 is 0 Å². The molecule has 0 amide bonds. The summed E-state index contributed by atoms with van der Waals surface area (Å²) < 4.78 is 31.8. The lowest BCUT2D eigenvalue weighted by molar-refractivity contribution is 0.142. The van der Waals surface area contributed by atoms with Crippen molar-refractivity contribution >= 4 is 10.0 Å².